The van der Waals surface area contributed by atoms with Crippen molar-refractivity contribution in [3.05, 3.63) is 0 Å². The fourth-order valence-corrected chi connectivity index (χ4v) is 3.24. The molecule has 25 heavy (non-hydrogen) atoms. The van der Waals surface area contributed by atoms with Crippen LogP contribution in [0.3, 0.4) is 0 Å². The minimum Gasteiger partial charge on any atom is -0.393 e. The van der Waals surface area contributed by atoms with Gasteiger partial charge in [0.05, 0.1) is 12.8 Å². The standard InChI is InChI=1S/C18H38.C4H4O3/c1-4-7-9-11-13-15-17-18(6-3)16-14-12-10-8-5-2;5-3-1-2-4(6)7-3/h18H,4-17H2,1-3H3;1-2H2. The van der Waals surface area contributed by atoms with E-state index in [0.717, 1.165) is 5.92 Å². The number of rotatable bonds is 14. The first-order chi connectivity index (χ1) is 12.1. The number of cyclic esters (lactones) is 2. The van der Waals surface area contributed by atoms with Gasteiger partial charge in [0.25, 0.3) is 0 Å². The minimum absolute atomic E-state index is 0.263. The molecule has 0 radical (unpaired) electrons. The van der Waals surface area contributed by atoms with Gasteiger partial charge in [-0.3, -0.25) is 9.59 Å². The van der Waals surface area contributed by atoms with Crippen LogP contribution >= 0.6 is 0 Å². The largest absolute Gasteiger partial charge is 0.393 e. The first kappa shape index (κ1) is 24.1. The molecule has 1 aliphatic rings. The molecular weight excluding hydrogens is 312 g/mol. The van der Waals surface area contributed by atoms with Crippen LogP contribution in [0.5, 0.6) is 0 Å². The third kappa shape index (κ3) is 16.4. The van der Waals surface area contributed by atoms with E-state index in [1.54, 1.807) is 0 Å². The second-order valence-electron chi connectivity index (χ2n) is 7.38. The van der Waals surface area contributed by atoms with Gasteiger partial charge < -0.3 is 4.74 Å². The summed E-state index contributed by atoms with van der Waals surface area (Å²) >= 11 is 0. The number of hydrogen-bond donors (Lipinski definition) is 0. The number of unbranched alkanes of at least 4 members (excludes halogenated alkanes) is 9. The van der Waals surface area contributed by atoms with Gasteiger partial charge in [-0.1, -0.05) is 111 Å². The van der Waals surface area contributed by atoms with E-state index in [1.165, 1.54) is 89.9 Å². The Labute approximate surface area is 156 Å². The van der Waals surface area contributed by atoms with Crippen molar-refractivity contribution in [2.75, 3.05) is 0 Å². The molecule has 0 aliphatic carbocycles. The molecule has 0 amide bonds. The van der Waals surface area contributed by atoms with E-state index < -0.39 is 11.9 Å². The van der Waals surface area contributed by atoms with Crippen molar-refractivity contribution in [2.45, 2.75) is 124 Å². The molecule has 3 heteroatoms. The van der Waals surface area contributed by atoms with Gasteiger partial charge in [-0.15, -0.1) is 0 Å². The van der Waals surface area contributed by atoms with E-state index in [1.807, 2.05) is 0 Å². The summed E-state index contributed by atoms with van der Waals surface area (Å²) in [4.78, 5) is 20.0. The Kier molecular flexibility index (Phi) is 17.3. The van der Waals surface area contributed by atoms with E-state index in [4.69, 9.17) is 0 Å². The quantitative estimate of drug-likeness (QED) is 0.192. The summed E-state index contributed by atoms with van der Waals surface area (Å²) in [6.07, 6.45) is 20.9. The Morgan fingerprint density at radius 1 is 0.680 bits per heavy atom. The molecule has 1 atom stereocenters. The number of ether oxygens (including phenoxy) is 1. The summed E-state index contributed by atoms with van der Waals surface area (Å²) in [7, 11) is 0. The van der Waals surface area contributed by atoms with Crippen LogP contribution in [0.4, 0.5) is 0 Å². The zero-order chi connectivity index (χ0) is 18.8. The van der Waals surface area contributed by atoms with Crippen molar-refractivity contribution in [1.82, 2.24) is 0 Å². The molecule has 148 valence electrons. The minimum atomic E-state index is -0.398. The molecule has 1 heterocycles. The zero-order valence-corrected chi connectivity index (χ0v) is 17.1. The molecule has 1 saturated heterocycles. The van der Waals surface area contributed by atoms with Gasteiger partial charge in [-0.2, -0.15) is 0 Å². The predicted molar refractivity (Wildman–Crippen MR) is 105 cm³/mol. The van der Waals surface area contributed by atoms with Crippen molar-refractivity contribution in [3.8, 4) is 0 Å². The highest BCUT2D eigenvalue weighted by Crippen LogP contribution is 2.21. The average Bonchev–Trinajstić information content (AvgIpc) is 2.99. The second kappa shape index (κ2) is 17.9. The summed E-state index contributed by atoms with van der Waals surface area (Å²) < 4.78 is 4.08. The van der Waals surface area contributed by atoms with Crippen LogP contribution in [0.1, 0.15) is 124 Å². The number of esters is 2. The maximum atomic E-state index is 10.0. The van der Waals surface area contributed by atoms with Crippen molar-refractivity contribution in [2.24, 2.45) is 5.92 Å². The first-order valence-corrected chi connectivity index (χ1v) is 10.9. The Morgan fingerprint density at radius 3 is 1.40 bits per heavy atom. The van der Waals surface area contributed by atoms with Crippen LogP contribution < -0.4 is 0 Å². The fraction of sp³-hybridized carbons (Fsp3) is 0.909. The highest BCUT2D eigenvalue weighted by Gasteiger charge is 2.19. The highest BCUT2D eigenvalue weighted by atomic mass is 16.6. The molecule has 3 nitrogen and oxygen atoms in total. The molecule has 0 aromatic heterocycles. The van der Waals surface area contributed by atoms with Gasteiger partial charge in [-0.05, 0) is 5.92 Å². The molecule has 1 fully saturated rings. The number of carbonyl (C=O) groups excluding carboxylic acids is 2. The van der Waals surface area contributed by atoms with E-state index in [-0.39, 0.29) is 12.8 Å². The lowest BCUT2D eigenvalue weighted by Crippen LogP contribution is -1.99. The Hall–Kier alpha value is -0.860. The van der Waals surface area contributed by atoms with Gasteiger partial charge in [-0.25, -0.2) is 0 Å². The van der Waals surface area contributed by atoms with E-state index in [2.05, 4.69) is 25.5 Å². The predicted octanol–water partition coefficient (Wildman–Crippen LogP) is 6.97. The van der Waals surface area contributed by atoms with Gasteiger partial charge in [0.1, 0.15) is 0 Å². The summed E-state index contributed by atoms with van der Waals surface area (Å²) in [5.41, 5.74) is 0. The molecule has 0 bridgehead atoms. The average molecular weight is 355 g/mol. The summed E-state index contributed by atoms with van der Waals surface area (Å²) in [6.45, 7) is 6.98. The zero-order valence-electron chi connectivity index (χ0n) is 17.1. The maximum Gasteiger partial charge on any atom is 0.314 e. The summed E-state index contributed by atoms with van der Waals surface area (Å²) in [6, 6.07) is 0. The number of hydrogen-bond acceptors (Lipinski definition) is 3. The van der Waals surface area contributed by atoms with Crippen LogP contribution in [-0.2, 0) is 14.3 Å². The first-order valence-electron chi connectivity index (χ1n) is 10.9. The Bertz CT molecular complexity index is 311. The molecule has 1 unspecified atom stereocenters. The lowest BCUT2D eigenvalue weighted by Gasteiger charge is -2.14. The monoisotopic (exact) mass is 354 g/mol. The van der Waals surface area contributed by atoms with Crippen LogP contribution in [-0.4, -0.2) is 11.9 Å². The lowest BCUT2D eigenvalue weighted by molar-refractivity contribution is -0.151. The lowest BCUT2D eigenvalue weighted by atomic mass is 9.92. The third-order valence-corrected chi connectivity index (χ3v) is 5.02. The molecule has 0 spiro atoms. The molecule has 0 aromatic rings. The van der Waals surface area contributed by atoms with Gasteiger partial charge in [0, 0.05) is 0 Å². The summed E-state index contributed by atoms with van der Waals surface area (Å²) in [5.74, 6) is 0.229. The van der Waals surface area contributed by atoms with E-state index in [9.17, 15) is 9.59 Å². The smallest absolute Gasteiger partial charge is 0.314 e. The van der Waals surface area contributed by atoms with Gasteiger partial charge >= 0.3 is 11.9 Å². The van der Waals surface area contributed by atoms with Gasteiger partial charge in [0.15, 0.2) is 0 Å². The molecular formula is C22H42O3. The Balaban J connectivity index is 0.000000676. The summed E-state index contributed by atoms with van der Waals surface area (Å²) in [5, 5.41) is 0. The SMILES string of the molecule is CCCCCCCCC(CC)CCCCCCC.O=C1CCC(=O)O1. The number of carbonyl (C=O) groups is 2. The topological polar surface area (TPSA) is 43.4 Å². The highest BCUT2D eigenvalue weighted by molar-refractivity contribution is 5.92. The van der Waals surface area contributed by atoms with Crippen molar-refractivity contribution >= 4 is 11.9 Å². The molecule has 1 rings (SSSR count). The van der Waals surface area contributed by atoms with Crippen LogP contribution in [0.2, 0.25) is 0 Å². The second-order valence-corrected chi connectivity index (χ2v) is 7.38. The molecule has 0 N–H and O–H groups in total. The van der Waals surface area contributed by atoms with E-state index in [0.29, 0.717) is 0 Å². The van der Waals surface area contributed by atoms with Crippen molar-refractivity contribution in [1.29, 1.82) is 0 Å². The van der Waals surface area contributed by atoms with Crippen LogP contribution in [0.15, 0.2) is 0 Å². The van der Waals surface area contributed by atoms with Gasteiger partial charge in [0.2, 0.25) is 0 Å². The van der Waals surface area contributed by atoms with Crippen molar-refractivity contribution in [3.63, 3.8) is 0 Å². The Morgan fingerprint density at radius 2 is 1.08 bits per heavy atom. The van der Waals surface area contributed by atoms with E-state index >= 15 is 0 Å². The van der Waals surface area contributed by atoms with Crippen molar-refractivity contribution < 1.29 is 14.3 Å². The normalized spacial score (nSPS) is 14.8. The molecule has 1 aliphatic heterocycles. The third-order valence-electron chi connectivity index (χ3n) is 5.02. The fourth-order valence-electron chi connectivity index (χ4n) is 3.24. The maximum absolute atomic E-state index is 10.0. The van der Waals surface area contributed by atoms with Crippen LogP contribution in [0, 0.1) is 5.92 Å². The van der Waals surface area contributed by atoms with Crippen LogP contribution in [0.25, 0.3) is 0 Å². The molecule has 0 aromatic carbocycles. The molecule has 0 saturated carbocycles.